The zero-order chi connectivity index (χ0) is 25.2. The zero-order valence-corrected chi connectivity index (χ0v) is 20.4. The van der Waals surface area contributed by atoms with E-state index in [-0.39, 0.29) is 18.2 Å². The molecule has 8 heteroatoms. The maximum absolute atomic E-state index is 14.3. The fourth-order valence-corrected chi connectivity index (χ4v) is 4.12. The highest BCUT2D eigenvalue weighted by Crippen LogP contribution is 2.29. The second-order valence-electron chi connectivity index (χ2n) is 8.85. The van der Waals surface area contributed by atoms with E-state index in [1.54, 1.807) is 22.8 Å². The number of aromatic nitrogens is 2. The normalized spacial score (nSPS) is 12.9. The van der Waals surface area contributed by atoms with Crippen molar-refractivity contribution < 1.29 is 14.0 Å². The van der Waals surface area contributed by atoms with Crippen molar-refractivity contribution in [1.29, 1.82) is 0 Å². The van der Waals surface area contributed by atoms with Crippen LogP contribution in [0.2, 0.25) is 5.02 Å². The van der Waals surface area contributed by atoms with E-state index in [0.29, 0.717) is 16.7 Å². The summed E-state index contributed by atoms with van der Waals surface area (Å²) >= 11 is 6.04. The number of nitrogens with one attached hydrogen (secondary N) is 1. The van der Waals surface area contributed by atoms with Crippen LogP contribution in [0.4, 0.5) is 10.3 Å². The van der Waals surface area contributed by atoms with Crippen LogP contribution in [0, 0.1) is 12.7 Å². The van der Waals surface area contributed by atoms with Crippen LogP contribution in [0.25, 0.3) is 16.9 Å². The highest BCUT2D eigenvalue weighted by Gasteiger charge is 2.35. The molecule has 1 N–H and O–H groups in total. The summed E-state index contributed by atoms with van der Waals surface area (Å²) in [4.78, 5) is 32.3. The van der Waals surface area contributed by atoms with Crippen LogP contribution >= 0.6 is 11.6 Å². The van der Waals surface area contributed by atoms with E-state index in [1.807, 2.05) is 49.5 Å². The van der Waals surface area contributed by atoms with Crippen molar-refractivity contribution >= 4 is 29.4 Å². The van der Waals surface area contributed by atoms with Gasteiger partial charge in [-0.3, -0.25) is 19.5 Å². The number of benzene rings is 3. The number of carbonyl (C=O) groups is 2. The molecule has 0 bridgehead atoms. The molecule has 0 unspecified atom stereocenters. The summed E-state index contributed by atoms with van der Waals surface area (Å²) in [6.07, 6.45) is 3.41. The Morgan fingerprint density at radius 2 is 1.75 bits per heavy atom. The summed E-state index contributed by atoms with van der Waals surface area (Å²) in [6.45, 7) is 1.80. The van der Waals surface area contributed by atoms with Crippen molar-refractivity contribution in [2.24, 2.45) is 0 Å². The molecule has 36 heavy (non-hydrogen) atoms. The van der Waals surface area contributed by atoms with Crippen LogP contribution < -0.4 is 5.32 Å². The Bertz CT molecular complexity index is 1410. The van der Waals surface area contributed by atoms with Crippen molar-refractivity contribution in [3.63, 3.8) is 0 Å². The number of aryl methyl sites for hydroxylation is 1. The van der Waals surface area contributed by atoms with Crippen molar-refractivity contribution in [3.05, 3.63) is 101 Å². The van der Waals surface area contributed by atoms with Gasteiger partial charge in [0.2, 0.25) is 11.9 Å². The zero-order valence-electron chi connectivity index (χ0n) is 19.6. The number of imidazole rings is 1. The number of halogens is 2. The van der Waals surface area contributed by atoms with Crippen LogP contribution in [0.1, 0.15) is 28.8 Å². The van der Waals surface area contributed by atoms with Crippen molar-refractivity contribution in [2.75, 3.05) is 11.9 Å². The molecule has 182 valence electrons. The molecule has 0 saturated heterocycles. The minimum atomic E-state index is -0.601. The molecule has 2 amide bonds. The lowest BCUT2D eigenvalue weighted by Crippen LogP contribution is -2.40. The van der Waals surface area contributed by atoms with Gasteiger partial charge in [0, 0.05) is 28.5 Å². The lowest BCUT2D eigenvalue weighted by Gasteiger charge is -2.22. The molecule has 1 saturated carbocycles. The van der Waals surface area contributed by atoms with E-state index in [2.05, 4.69) is 10.3 Å². The van der Waals surface area contributed by atoms with E-state index in [9.17, 15) is 14.0 Å². The van der Waals surface area contributed by atoms with E-state index in [0.717, 1.165) is 29.7 Å². The van der Waals surface area contributed by atoms with Gasteiger partial charge in [-0.1, -0.05) is 53.6 Å². The number of carbonyl (C=O) groups excluding carboxylic acids is 2. The quantitative estimate of drug-likeness (QED) is 0.343. The lowest BCUT2D eigenvalue weighted by atomic mass is 10.2. The van der Waals surface area contributed by atoms with Gasteiger partial charge in [-0.2, -0.15) is 0 Å². The van der Waals surface area contributed by atoms with Crippen molar-refractivity contribution in [2.45, 2.75) is 25.8 Å². The molecule has 1 aromatic heterocycles. The predicted octanol–water partition coefficient (Wildman–Crippen LogP) is 5.88. The van der Waals surface area contributed by atoms with Gasteiger partial charge in [0.05, 0.1) is 11.3 Å². The average molecular weight is 503 g/mol. The third-order valence-electron chi connectivity index (χ3n) is 6.08. The molecule has 0 spiro atoms. The first-order valence-electron chi connectivity index (χ1n) is 11.7. The molecule has 1 aliphatic carbocycles. The van der Waals surface area contributed by atoms with Gasteiger partial charge < -0.3 is 4.90 Å². The van der Waals surface area contributed by atoms with Crippen LogP contribution in [0.5, 0.6) is 0 Å². The molecule has 6 nitrogen and oxygen atoms in total. The molecule has 3 aromatic carbocycles. The minimum absolute atomic E-state index is 0.0385. The third-order valence-corrected chi connectivity index (χ3v) is 6.33. The number of hydrogen-bond donors (Lipinski definition) is 1. The van der Waals surface area contributed by atoms with Crippen LogP contribution in [0.3, 0.4) is 0 Å². The van der Waals surface area contributed by atoms with Gasteiger partial charge in [-0.15, -0.1) is 0 Å². The van der Waals surface area contributed by atoms with E-state index < -0.39 is 17.6 Å². The topological polar surface area (TPSA) is 67.2 Å². The first-order valence-corrected chi connectivity index (χ1v) is 12.0. The van der Waals surface area contributed by atoms with Crippen molar-refractivity contribution in [1.82, 2.24) is 14.5 Å². The summed E-state index contributed by atoms with van der Waals surface area (Å²) in [5.74, 6) is -1.18. The smallest absolute Gasteiger partial charge is 0.257 e. The Morgan fingerprint density at radius 1 is 1.06 bits per heavy atom. The average Bonchev–Trinajstić information content (AvgIpc) is 3.63. The Labute approximate surface area is 213 Å². The van der Waals surface area contributed by atoms with Gasteiger partial charge in [-0.05, 0) is 56.2 Å². The molecular weight excluding hydrogens is 479 g/mol. The largest absolute Gasteiger partial charge is 0.326 e. The highest BCUT2D eigenvalue weighted by molar-refractivity contribution is 6.30. The Morgan fingerprint density at radius 3 is 2.42 bits per heavy atom. The molecule has 0 aliphatic heterocycles. The Balaban J connectivity index is 1.42. The summed E-state index contributed by atoms with van der Waals surface area (Å²) in [7, 11) is 0. The fourth-order valence-electron chi connectivity index (χ4n) is 3.99. The molecule has 0 atom stereocenters. The summed E-state index contributed by atoms with van der Waals surface area (Å²) < 4.78 is 16.0. The maximum Gasteiger partial charge on any atom is 0.257 e. The summed E-state index contributed by atoms with van der Waals surface area (Å²) in [6, 6.07) is 20.9. The number of hydrogen-bond acceptors (Lipinski definition) is 3. The first kappa shape index (κ1) is 23.8. The number of amides is 2. The summed E-state index contributed by atoms with van der Waals surface area (Å²) in [5.41, 5.74) is 3.39. The monoisotopic (exact) mass is 502 g/mol. The van der Waals surface area contributed by atoms with Gasteiger partial charge in [0.1, 0.15) is 12.4 Å². The molecule has 1 fully saturated rings. The van der Waals surface area contributed by atoms with E-state index in [4.69, 9.17) is 11.6 Å². The van der Waals surface area contributed by atoms with Gasteiger partial charge in [-0.25, -0.2) is 9.37 Å². The third kappa shape index (κ3) is 5.16. The standard InChI is InChI=1S/C28H24ClFN4O2/c1-18-6-12-22(13-7-18)34-16-25(19-8-10-20(29)11-9-19)31-28(34)32-26(35)17-33(21-14-15-21)27(36)23-4-2-3-5-24(23)30/h2-13,16,21H,14-15,17H2,1H3,(H,31,32,35). The molecule has 1 heterocycles. The molecule has 4 aromatic rings. The van der Waals surface area contributed by atoms with Gasteiger partial charge in [0.25, 0.3) is 5.91 Å². The van der Waals surface area contributed by atoms with Gasteiger partial charge >= 0.3 is 0 Å². The second kappa shape index (κ2) is 9.95. The Kier molecular flexibility index (Phi) is 6.57. The fraction of sp³-hybridized carbons (Fsp3) is 0.179. The Hall–Kier alpha value is -3.97. The molecule has 0 radical (unpaired) electrons. The maximum atomic E-state index is 14.3. The first-order chi connectivity index (χ1) is 17.4. The summed E-state index contributed by atoms with van der Waals surface area (Å²) in [5, 5.41) is 3.47. The van der Waals surface area contributed by atoms with E-state index in [1.165, 1.54) is 23.1 Å². The number of anilines is 1. The highest BCUT2D eigenvalue weighted by atomic mass is 35.5. The van der Waals surface area contributed by atoms with Crippen LogP contribution in [-0.2, 0) is 4.79 Å². The SMILES string of the molecule is Cc1ccc(-n2cc(-c3ccc(Cl)cc3)nc2NC(=O)CN(C(=O)c2ccccc2F)C2CC2)cc1. The van der Waals surface area contributed by atoms with Crippen molar-refractivity contribution in [3.8, 4) is 16.9 Å². The second-order valence-corrected chi connectivity index (χ2v) is 9.29. The van der Waals surface area contributed by atoms with Crippen LogP contribution in [-0.4, -0.2) is 38.9 Å². The molecule has 5 rings (SSSR count). The number of nitrogens with zero attached hydrogens (tertiary/aromatic N) is 3. The lowest BCUT2D eigenvalue weighted by molar-refractivity contribution is -0.117. The van der Waals surface area contributed by atoms with E-state index >= 15 is 0 Å². The predicted molar refractivity (Wildman–Crippen MR) is 138 cm³/mol. The van der Waals surface area contributed by atoms with Gasteiger partial charge in [0.15, 0.2) is 0 Å². The molecule has 1 aliphatic rings. The van der Waals surface area contributed by atoms with Crippen LogP contribution in [0.15, 0.2) is 79.0 Å². The minimum Gasteiger partial charge on any atom is -0.326 e. The number of rotatable bonds is 7. The molecular formula is C28H24ClFN4O2.